The number of nitrogens with one attached hydrogen (secondary N) is 1. The molecule has 0 bridgehead atoms. The van der Waals surface area contributed by atoms with Crippen molar-refractivity contribution in [2.24, 2.45) is 0 Å². The van der Waals surface area contributed by atoms with Crippen LogP contribution in [0.4, 0.5) is 4.39 Å². The van der Waals surface area contributed by atoms with Crippen molar-refractivity contribution >= 4 is 16.9 Å². The lowest BCUT2D eigenvalue weighted by Crippen LogP contribution is -2.41. The second kappa shape index (κ2) is 7.02. The first kappa shape index (κ1) is 20.2. The van der Waals surface area contributed by atoms with Gasteiger partial charge in [0.1, 0.15) is 17.2 Å². The van der Waals surface area contributed by atoms with E-state index in [1.807, 2.05) is 0 Å². The minimum Gasteiger partial charge on any atom is -0.455 e. The third-order valence-corrected chi connectivity index (χ3v) is 6.33. The molecule has 1 aliphatic heterocycles. The number of furan rings is 1. The summed E-state index contributed by atoms with van der Waals surface area (Å²) in [6, 6.07) is 5.99. The van der Waals surface area contributed by atoms with Gasteiger partial charge in [0.15, 0.2) is 11.6 Å². The summed E-state index contributed by atoms with van der Waals surface area (Å²) < 4.78 is 27.2. The highest BCUT2D eigenvalue weighted by molar-refractivity contribution is 5.93. The predicted octanol–water partition coefficient (Wildman–Crippen LogP) is 4.18. The van der Waals surface area contributed by atoms with E-state index in [9.17, 15) is 9.90 Å². The lowest BCUT2D eigenvalue weighted by Gasteiger charge is -2.33. The fourth-order valence-electron chi connectivity index (χ4n) is 4.48. The number of benzene rings is 1. The molecule has 1 amide bonds. The molecule has 3 aromatic heterocycles. The third kappa shape index (κ3) is 3.18. The Labute approximate surface area is 188 Å². The van der Waals surface area contributed by atoms with Crippen LogP contribution in [-0.2, 0) is 12.0 Å². The Morgan fingerprint density at radius 1 is 1.24 bits per heavy atom. The fraction of sp³-hybridized carbons (Fsp3) is 0.375. The number of hydrogen-bond acceptors (Lipinski definition) is 6. The summed E-state index contributed by atoms with van der Waals surface area (Å²) in [5.41, 5.74) is 1.00. The highest BCUT2D eigenvalue weighted by atomic mass is 19.1. The highest BCUT2D eigenvalue weighted by Crippen LogP contribution is 2.44. The molecule has 2 aliphatic rings. The van der Waals surface area contributed by atoms with Crippen molar-refractivity contribution in [1.82, 2.24) is 19.9 Å². The largest absolute Gasteiger partial charge is 0.455 e. The molecule has 170 valence electrons. The first-order chi connectivity index (χ1) is 15.8. The van der Waals surface area contributed by atoms with Crippen LogP contribution in [0, 0.1) is 5.82 Å². The van der Waals surface area contributed by atoms with Crippen LogP contribution in [0.3, 0.4) is 0 Å². The molecule has 1 aromatic carbocycles. The lowest BCUT2D eigenvalue weighted by atomic mass is 9.99. The van der Waals surface area contributed by atoms with Gasteiger partial charge in [0.2, 0.25) is 11.7 Å². The number of aromatic nitrogens is 3. The fourth-order valence-corrected chi connectivity index (χ4v) is 4.48. The van der Waals surface area contributed by atoms with Crippen molar-refractivity contribution in [1.29, 1.82) is 0 Å². The highest BCUT2D eigenvalue weighted by Gasteiger charge is 2.43. The van der Waals surface area contributed by atoms with Gasteiger partial charge in [-0.3, -0.25) is 4.79 Å². The third-order valence-electron chi connectivity index (χ3n) is 6.33. The maximum Gasteiger partial charge on any atom is 0.292 e. The Morgan fingerprint density at radius 2 is 2.03 bits per heavy atom. The van der Waals surface area contributed by atoms with E-state index in [1.165, 1.54) is 4.90 Å². The number of H-pyrrole nitrogens is 1. The number of amides is 1. The van der Waals surface area contributed by atoms with E-state index in [-0.39, 0.29) is 23.3 Å². The van der Waals surface area contributed by atoms with Crippen LogP contribution in [0.1, 0.15) is 77.9 Å². The summed E-state index contributed by atoms with van der Waals surface area (Å²) in [6.07, 6.45) is 3.89. The number of imidazole rings is 1. The zero-order chi connectivity index (χ0) is 22.9. The number of aromatic amines is 1. The minimum atomic E-state index is -1.33. The summed E-state index contributed by atoms with van der Waals surface area (Å²) in [6.45, 7) is 3.44. The van der Waals surface area contributed by atoms with Crippen molar-refractivity contribution in [3.8, 4) is 0 Å². The van der Waals surface area contributed by atoms with Gasteiger partial charge in [0.05, 0.1) is 23.1 Å². The molecular formula is C24H23FN4O4. The average molecular weight is 450 g/mol. The van der Waals surface area contributed by atoms with E-state index >= 15 is 4.39 Å². The molecule has 1 atom stereocenters. The van der Waals surface area contributed by atoms with Crippen molar-refractivity contribution in [2.45, 2.75) is 50.7 Å². The van der Waals surface area contributed by atoms with Gasteiger partial charge < -0.3 is 23.8 Å². The Balaban J connectivity index is 1.48. The molecule has 6 rings (SSSR count). The molecule has 8 nitrogen and oxygen atoms in total. The quantitative estimate of drug-likeness (QED) is 0.483. The topological polar surface area (TPSA) is 108 Å². The summed E-state index contributed by atoms with van der Waals surface area (Å²) in [5, 5.41) is 10.8. The van der Waals surface area contributed by atoms with Crippen LogP contribution in [0.5, 0.6) is 0 Å². The van der Waals surface area contributed by atoms with Crippen LogP contribution < -0.4 is 0 Å². The molecular weight excluding hydrogens is 427 g/mol. The predicted molar refractivity (Wildman–Crippen MR) is 115 cm³/mol. The smallest absolute Gasteiger partial charge is 0.292 e. The Morgan fingerprint density at radius 3 is 2.76 bits per heavy atom. The zero-order valence-corrected chi connectivity index (χ0v) is 18.3. The second-order valence-electron chi connectivity index (χ2n) is 9.26. The molecule has 1 aliphatic carbocycles. The summed E-state index contributed by atoms with van der Waals surface area (Å²) in [5.74, 6) is -0.588. The van der Waals surface area contributed by atoms with Gasteiger partial charge >= 0.3 is 0 Å². The van der Waals surface area contributed by atoms with Crippen molar-refractivity contribution in [3.63, 3.8) is 0 Å². The summed E-state index contributed by atoms with van der Waals surface area (Å²) in [7, 11) is 0. The molecule has 0 saturated heterocycles. The minimum absolute atomic E-state index is 0.0350. The number of para-hydroxylation sites is 1. The first-order valence-electron chi connectivity index (χ1n) is 11.1. The number of halogens is 1. The van der Waals surface area contributed by atoms with E-state index in [2.05, 4.69) is 15.0 Å². The monoisotopic (exact) mass is 450 g/mol. The van der Waals surface area contributed by atoms with E-state index in [0.29, 0.717) is 35.3 Å². The van der Waals surface area contributed by atoms with Crippen LogP contribution in [-0.4, -0.2) is 37.4 Å². The number of hydrogen-bond donors (Lipinski definition) is 2. The Kier molecular flexibility index (Phi) is 4.29. The molecule has 4 aromatic rings. The molecule has 33 heavy (non-hydrogen) atoms. The number of carbonyl (C=O) groups excluding carboxylic acids is 1. The lowest BCUT2D eigenvalue weighted by molar-refractivity contribution is 0.0437. The molecule has 2 N–H and O–H groups in total. The van der Waals surface area contributed by atoms with Crippen molar-refractivity contribution in [3.05, 3.63) is 70.9 Å². The molecule has 1 fully saturated rings. The number of nitrogens with zero attached hydrogens (tertiary/aromatic N) is 3. The second-order valence-corrected chi connectivity index (χ2v) is 9.26. The number of rotatable bonds is 4. The Hall–Kier alpha value is -3.46. The average Bonchev–Trinajstić information content (AvgIpc) is 3.21. The van der Waals surface area contributed by atoms with Gasteiger partial charge in [-0.05, 0) is 38.8 Å². The molecule has 9 heteroatoms. The SMILES string of the molecule is CC(C)(O)c1nc(C2CC2)c(C(=O)N2CCc3[nH]cnc3[C@@H]2c2oc3ccccc3c2F)o1. The molecule has 0 spiro atoms. The molecule has 0 radical (unpaired) electrons. The number of oxazole rings is 1. The van der Waals surface area contributed by atoms with E-state index in [1.54, 1.807) is 44.4 Å². The van der Waals surface area contributed by atoms with Crippen molar-refractivity contribution in [2.75, 3.05) is 6.54 Å². The summed E-state index contributed by atoms with van der Waals surface area (Å²) in [4.78, 5) is 27.3. The molecule has 0 unspecified atom stereocenters. The molecule has 1 saturated carbocycles. The standard InChI is InChI=1S/C24H23FN4O4/c1-24(2,31)23-28-17(12-7-8-12)21(33-23)22(30)29-10-9-14-18(27-11-26-14)19(29)20-16(25)13-5-3-4-6-15(13)32-20/h3-6,11-12,19,31H,7-10H2,1-2H3,(H,26,27)/t19-/m1/s1. The Bertz CT molecular complexity index is 1370. The van der Waals surface area contributed by atoms with Crippen LogP contribution in [0.25, 0.3) is 11.0 Å². The van der Waals surface area contributed by atoms with Crippen LogP contribution in [0.15, 0.2) is 39.4 Å². The van der Waals surface area contributed by atoms with E-state index in [4.69, 9.17) is 8.83 Å². The van der Waals surface area contributed by atoms with Crippen LogP contribution in [0.2, 0.25) is 0 Å². The maximum atomic E-state index is 15.5. The number of carbonyl (C=O) groups is 1. The number of fused-ring (bicyclic) bond motifs is 2. The van der Waals surface area contributed by atoms with E-state index < -0.39 is 23.4 Å². The van der Waals surface area contributed by atoms with Gasteiger partial charge in [-0.25, -0.2) is 14.4 Å². The summed E-state index contributed by atoms with van der Waals surface area (Å²) >= 11 is 0. The van der Waals surface area contributed by atoms with Gasteiger partial charge in [-0.15, -0.1) is 0 Å². The van der Waals surface area contributed by atoms with Gasteiger partial charge in [0.25, 0.3) is 5.91 Å². The van der Waals surface area contributed by atoms with Gasteiger partial charge in [-0.1, -0.05) is 12.1 Å². The molecule has 4 heterocycles. The van der Waals surface area contributed by atoms with E-state index in [0.717, 1.165) is 18.5 Å². The van der Waals surface area contributed by atoms with Gasteiger partial charge in [0, 0.05) is 24.6 Å². The normalized spacial score (nSPS) is 18.7. The van der Waals surface area contributed by atoms with Gasteiger partial charge in [-0.2, -0.15) is 0 Å². The van der Waals surface area contributed by atoms with Crippen LogP contribution >= 0.6 is 0 Å². The first-order valence-corrected chi connectivity index (χ1v) is 11.1. The number of aliphatic hydroxyl groups is 1. The zero-order valence-electron chi connectivity index (χ0n) is 18.3. The van der Waals surface area contributed by atoms with Crippen molar-refractivity contribution < 1.29 is 23.1 Å². The maximum absolute atomic E-state index is 15.5.